The summed E-state index contributed by atoms with van der Waals surface area (Å²) in [7, 11) is 0. The maximum atomic E-state index is 12.0. The zero-order valence-corrected chi connectivity index (χ0v) is 12.6. The van der Waals surface area contributed by atoms with E-state index in [1.165, 1.54) is 0 Å². The molecule has 22 heavy (non-hydrogen) atoms. The second-order valence-corrected chi connectivity index (χ2v) is 5.18. The van der Waals surface area contributed by atoms with Crippen LogP contribution in [0.3, 0.4) is 0 Å². The van der Waals surface area contributed by atoms with Crippen molar-refractivity contribution in [3.05, 3.63) is 63.3 Å². The molecule has 1 atom stereocenters. The Morgan fingerprint density at radius 2 is 2.00 bits per heavy atom. The first-order valence-electron chi connectivity index (χ1n) is 7.05. The number of aliphatic hydroxyl groups excluding tert-OH is 1. The summed E-state index contributed by atoms with van der Waals surface area (Å²) < 4.78 is 0. The van der Waals surface area contributed by atoms with E-state index in [1.54, 1.807) is 13.8 Å². The Morgan fingerprint density at radius 1 is 1.32 bits per heavy atom. The highest BCUT2D eigenvalue weighted by Gasteiger charge is 2.15. The smallest absolute Gasteiger partial charge is 0.279 e. The highest BCUT2D eigenvalue weighted by Crippen LogP contribution is 2.02. The molecule has 0 aliphatic heterocycles. The standard InChI is InChI=1S/C16H19N3O3/c1-10-11(2)19-16(22)14(18-10)15(21)17-9-13(20)8-12-6-4-3-5-7-12/h3-7,13,20H,8-9H2,1-2H3,(H,17,21)(H,19,22). The molecule has 6 heteroatoms. The summed E-state index contributed by atoms with van der Waals surface area (Å²) in [5, 5.41) is 12.5. The molecule has 1 amide bonds. The van der Waals surface area contributed by atoms with Crippen LogP contribution in [0, 0.1) is 13.8 Å². The normalized spacial score (nSPS) is 12.0. The fraction of sp³-hybridized carbons (Fsp3) is 0.312. The number of aryl methyl sites for hydroxylation is 2. The Hall–Kier alpha value is -2.47. The lowest BCUT2D eigenvalue weighted by Gasteiger charge is -2.12. The van der Waals surface area contributed by atoms with Crippen molar-refractivity contribution in [3.63, 3.8) is 0 Å². The van der Waals surface area contributed by atoms with Gasteiger partial charge in [-0.2, -0.15) is 0 Å². The number of H-pyrrole nitrogens is 1. The van der Waals surface area contributed by atoms with E-state index in [2.05, 4.69) is 15.3 Å². The van der Waals surface area contributed by atoms with Crippen molar-refractivity contribution < 1.29 is 9.90 Å². The Morgan fingerprint density at radius 3 is 2.68 bits per heavy atom. The Labute approximate surface area is 128 Å². The van der Waals surface area contributed by atoms with Gasteiger partial charge in [0.1, 0.15) is 0 Å². The Kier molecular flexibility index (Phi) is 5.06. The molecule has 116 valence electrons. The van der Waals surface area contributed by atoms with Crippen LogP contribution in [0.5, 0.6) is 0 Å². The van der Waals surface area contributed by atoms with E-state index in [4.69, 9.17) is 0 Å². The van der Waals surface area contributed by atoms with Gasteiger partial charge in [-0.1, -0.05) is 30.3 Å². The van der Waals surface area contributed by atoms with E-state index < -0.39 is 17.6 Å². The molecule has 1 heterocycles. The summed E-state index contributed by atoms with van der Waals surface area (Å²) in [6, 6.07) is 9.48. The molecule has 2 aromatic rings. The molecule has 2 rings (SSSR count). The first-order valence-corrected chi connectivity index (χ1v) is 7.05. The molecule has 1 aromatic heterocycles. The van der Waals surface area contributed by atoms with Crippen LogP contribution in [0.25, 0.3) is 0 Å². The van der Waals surface area contributed by atoms with E-state index in [1.807, 2.05) is 30.3 Å². The summed E-state index contributed by atoms with van der Waals surface area (Å²) in [6.45, 7) is 3.49. The molecule has 0 bridgehead atoms. The number of aromatic amines is 1. The van der Waals surface area contributed by atoms with E-state index in [0.717, 1.165) is 5.56 Å². The fourth-order valence-corrected chi connectivity index (χ4v) is 2.03. The molecule has 6 nitrogen and oxygen atoms in total. The van der Waals surface area contributed by atoms with Crippen LogP contribution in [0.1, 0.15) is 27.4 Å². The van der Waals surface area contributed by atoms with Gasteiger partial charge in [-0.05, 0) is 19.4 Å². The van der Waals surface area contributed by atoms with E-state index in [0.29, 0.717) is 17.8 Å². The number of rotatable bonds is 5. The predicted octanol–water partition coefficient (Wildman–Crippen LogP) is 0.720. The minimum atomic E-state index is -0.725. The highest BCUT2D eigenvalue weighted by atomic mass is 16.3. The van der Waals surface area contributed by atoms with Crippen molar-refractivity contribution in [3.8, 4) is 0 Å². The van der Waals surface area contributed by atoms with Crippen LogP contribution in [-0.4, -0.2) is 33.6 Å². The van der Waals surface area contributed by atoms with E-state index in [-0.39, 0.29) is 12.2 Å². The lowest BCUT2D eigenvalue weighted by Crippen LogP contribution is -2.37. The van der Waals surface area contributed by atoms with Crippen molar-refractivity contribution in [1.29, 1.82) is 0 Å². The van der Waals surface area contributed by atoms with Crippen molar-refractivity contribution in [2.24, 2.45) is 0 Å². The van der Waals surface area contributed by atoms with Gasteiger partial charge in [0.05, 0.1) is 11.8 Å². The van der Waals surface area contributed by atoms with E-state index >= 15 is 0 Å². The maximum Gasteiger partial charge on any atom is 0.279 e. The van der Waals surface area contributed by atoms with Gasteiger partial charge in [-0.3, -0.25) is 9.59 Å². The summed E-state index contributed by atoms with van der Waals surface area (Å²) in [6.07, 6.45) is -0.297. The monoisotopic (exact) mass is 301 g/mol. The molecule has 0 aliphatic carbocycles. The lowest BCUT2D eigenvalue weighted by atomic mass is 10.1. The summed E-state index contributed by atoms with van der Waals surface area (Å²) in [4.78, 5) is 30.3. The fourth-order valence-electron chi connectivity index (χ4n) is 2.03. The lowest BCUT2D eigenvalue weighted by molar-refractivity contribution is 0.0909. The Bertz CT molecular complexity index is 710. The third-order valence-electron chi connectivity index (χ3n) is 3.37. The molecule has 0 fully saturated rings. The molecule has 1 aromatic carbocycles. The number of benzene rings is 1. The molecule has 0 saturated heterocycles. The van der Waals surface area contributed by atoms with Crippen LogP contribution in [0.15, 0.2) is 35.1 Å². The summed E-state index contributed by atoms with van der Waals surface area (Å²) >= 11 is 0. The molecular formula is C16H19N3O3. The van der Waals surface area contributed by atoms with Crippen LogP contribution in [0.2, 0.25) is 0 Å². The SMILES string of the molecule is Cc1nc(C(=O)NCC(O)Cc2ccccc2)c(=O)[nH]c1C. The number of hydrogen-bond acceptors (Lipinski definition) is 4. The molecular weight excluding hydrogens is 282 g/mol. The second kappa shape index (κ2) is 7.00. The molecule has 0 aliphatic rings. The summed E-state index contributed by atoms with van der Waals surface area (Å²) in [5.41, 5.74) is 1.49. The minimum absolute atomic E-state index is 0.0573. The highest BCUT2D eigenvalue weighted by molar-refractivity contribution is 5.91. The number of nitrogens with zero attached hydrogens (tertiary/aromatic N) is 1. The van der Waals surface area contributed by atoms with E-state index in [9.17, 15) is 14.7 Å². The van der Waals surface area contributed by atoms with Crippen LogP contribution in [0.4, 0.5) is 0 Å². The molecule has 0 saturated carbocycles. The number of nitrogens with one attached hydrogen (secondary N) is 2. The zero-order valence-electron chi connectivity index (χ0n) is 12.6. The van der Waals surface area contributed by atoms with Crippen LogP contribution in [-0.2, 0) is 6.42 Å². The quantitative estimate of drug-likeness (QED) is 0.758. The van der Waals surface area contributed by atoms with Gasteiger partial charge in [-0.25, -0.2) is 4.98 Å². The summed E-state index contributed by atoms with van der Waals surface area (Å²) in [5.74, 6) is -0.587. The van der Waals surface area contributed by atoms with Crippen molar-refractivity contribution in [2.45, 2.75) is 26.4 Å². The molecule has 3 N–H and O–H groups in total. The molecule has 0 spiro atoms. The van der Waals surface area contributed by atoms with Gasteiger partial charge >= 0.3 is 0 Å². The van der Waals surface area contributed by atoms with Crippen molar-refractivity contribution in [1.82, 2.24) is 15.3 Å². The number of carbonyl (C=O) groups is 1. The van der Waals surface area contributed by atoms with Crippen LogP contribution >= 0.6 is 0 Å². The van der Waals surface area contributed by atoms with Gasteiger partial charge in [0.15, 0.2) is 5.69 Å². The first-order chi connectivity index (χ1) is 10.5. The van der Waals surface area contributed by atoms with Gasteiger partial charge < -0.3 is 15.4 Å². The average molecular weight is 301 g/mol. The van der Waals surface area contributed by atoms with Gasteiger partial charge in [0.25, 0.3) is 11.5 Å². The largest absolute Gasteiger partial charge is 0.391 e. The maximum absolute atomic E-state index is 12.0. The predicted molar refractivity (Wildman–Crippen MR) is 82.8 cm³/mol. The van der Waals surface area contributed by atoms with Gasteiger partial charge in [-0.15, -0.1) is 0 Å². The van der Waals surface area contributed by atoms with Crippen molar-refractivity contribution in [2.75, 3.05) is 6.54 Å². The molecule has 0 radical (unpaired) electrons. The first kappa shape index (κ1) is 15.9. The second-order valence-electron chi connectivity index (χ2n) is 5.18. The third kappa shape index (κ3) is 4.02. The number of carbonyl (C=O) groups excluding carboxylic acids is 1. The van der Waals surface area contributed by atoms with Gasteiger partial charge in [0, 0.05) is 18.7 Å². The number of hydrogen-bond donors (Lipinski definition) is 3. The number of amides is 1. The van der Waals surface area contributed by atoms with Crippen LogP contribution < -0.4 is 10.9 Å². The average Bonchev–Trinajstić information content (AvgIpc) is 2.49. The third-order valence-corrected chi connectivity index (χ3v) is 3.37. The topological polar surface area (TPSA) is 95.1 Å². The number of aromatic nitrogens is 2. The van der Waals surface area contributed by atoms with Crippen molar-refractivity contribution >= 4 is 5.91 Å². The zero-order chi connectivity index (χ0) is 16.1. The number of aliphatic hydroxyl groups is 1. The van der Waals surface area contributed by atoms with Gasteiger partial charge in [0.2, 0.25) is 0 Å². The Balaban J connectivity index is 1.95. The minimum Gasteiger partial charge on any atom is -0.391 e. The molecule has 1 unspecified atom stereocenters.